The van der Waals surface area contributed by atoms with Crippen molar-refractivity contribution in [3.63, 3.8) is 0 Å². The van der Waals surface area contributed by atoms with E-state index in [0.717, 1.165) is 29.5 Å². The van der Waals surface area contributed by atoms with Gasteiger partial charge in [-0.3, -0.25) is 4.98 Å². The van der Waals surface area contributed by atoms with Gasteiger partial charge in [0.05, 0.1) is 5.56 Å². The zero-order chi connectivity index (χ0) is 14.4. The van der Waals surface area contributed by atoms with Crippen molar-refractivity contribution in [1.29, 1.82) is 0 Å². The smallest absolute Gasteiger partial charge is 0.340 e. The molecule has 0 aliphatic heterocycles. The van der Waals surface area contributed by atoms with E-state index in [0.29, 0.717) is 12.2 Å². The van der Waals surface area contributed by atoms with Crippen molar-refractivity contribution >= 4 is 5.97 Å². The highest BCUT2D eigenvalue weighted by atomic mass is 16.5. The molecule has 0 atom stereocenters. The monoisotopic (exact) mass is 269 g/mol. The number of hydrogen-bond donors (Lipinski definition) is 0. The topological polar surface area (TPSA) is 39.2 Å². The SMILES string of the molecule is CCc1cncc(C(=O)OCc2ccccc2)c1CC. The zero-order valence-electron chi connectivity index (χ0n) is 11.9. The lowest BCUT2D eigenvalue weighted by atomic mass is 10.0. The van der Waals surface area contributed by atoms with Crippen LogP contribution in [0.3, 0.4) is 0 Å². The number of pyridine rings is 1. The Morgan fingerprint density at radius 1 is 1.10 bits per heavy atom. The lowest BCUT2D eigenvalue weighted by Crippen LogP contribution is -2.10. The number of nitrogens with zero attached hydrogens (tertiary/aromatic N) is 1. The van der Waals surface area contributed by atoms with Crippen molar-refractivity contribution in [3.8, 4) is 0 Å². The van der Waals surface area contributed by atoms with E-state index < -0.39 is 0 Å². The predicted molar refractivity (Wildman–Crippen MR) is 78.6 cm³/mol. The molecular weight excluding hydrogens is 250 g/mol. The number of aromatic nitrogens is 1. The highest BCUT2D eigenvalue weighted by Crippen LogP contribution is 2.16. The maximum absolute atomic E-state index is 12.2. The number of hydrogen-bond acceptors (Lipinski definition) is 3. The fourth-order valence-electron chi connectivity index (χ4n) is 2.23. The first-order valence-electron chi connectivity index (χ1n) is 6.93. The standard InChI is InChI=1S/C17H19NO2/c1-3-14-10-18-11-16(15(14)4-2)17(19)20-12-13-8-6-5-7-9-13/h5-11H,3-4,12H2,1-2H3. The molecule has 0 spiro atoms. The Morgan fingerprint density at radius 3 is 2.50 bits per heavy atom. The molecule has 1 aromatic carbocycles. The van der Waals surface area contributed by atoms with Gasteiger partial charge in [-0.25, -0.2) is 4.79 Å². The molecule has 1 heterocycles. The van der Waals surface area contributed by atoms with Gasteiger partial charge in [-0.2, -0.15) is 0 Å². The van der Waals surface area contributed by atoms with Crippen LogP contribution in [0.2, 0.25) is 0 Å². The minimum absolute atomic E-state index is 0.291. The summed E-state index contributed by atoms with van der Waals surface area (Å²) in [7, 11) is 0. The first-order chi connectivity index (χ1) is 9.76. The summed E-state index contributed by atoms with van der Waals surface area (Å²) < 4.78 is 5.38. The molecule has 0 fully saturated rings. The maximum Gasteiger partial charge on any atom is 0.340 e. The fourth-order valence-corrected chi connectivity index (χ4v) is 2.23. The van der Waals surface area contributed by atoms with Crippen LogP contribution >= 0.6 is 0 Å². The molecule has 0 unspecified atom stereocenters. The zero-order valence-corrected chi connectivity index (χ0v) is 11.9. The van der Waals surface area contributed by atoms with E-state index in [4.69, 9.17) is 4.74 Å². The molecule has 0 saturated carbocycles. The second-order valence-electron chi connectivity index (χ2n) is 4.59. The lowest BCUT2D eigenvalue weighted by molar-refractivity contribution is 0.0471. The Hall–Kier alpha value is -2.16. The second-order valence-corrected chi connectivity index (χ2v) is 4.59. The van der Waals surface area contributed by atoms with Crippen LogP contribution in [0.1, 0.15) is 40.9 Å². The van der Waals surface area contributed by atoms with Gasteiger partial charge in [0, 0.05) is 12.4 Å². The number of aryl methyl sites for hydroxylation is 1. The number of carbonyl (C=O) groups is 1. The number of esters is 1. The van der Waals surface area contributed by atoms with Crippen LogP contribution in [0.25, 0.3) is 0 Å². The number of benzene rings is 1. The first-order valence-corrected chi connectivity index (χ1v) is 6.93. The molecule has 3 nitrogen and oxygen atoms in total. The molecule has 0 aliphatic carbocycles. The van der Waals surface area contributed by atoms with Crippen LogP contribution < -0.4 is 0 Å². The molecule has 0 amide bonds. The normalized spacial score (nSPS) is 10.3. The van der Waals surface area contributed by atoms with Crippen LogP contribution in [0, 0.1) is 0 Å². The van der Waals surface area contributed by atoms with E-state index in [1.807, 2.05) is 43.5 Å². The second kappa shape index (κ2) is 6.85. The quantitative estimate of drug-likeness (QED) is 0.779. The summed E-state index contributed by atoms with van der Waals surface area (Å²) in [6.45, 7) is 4.40. The Kier molecular flexibility index (Phi) is 4.88. The van der Waals surface area contributed by atoms with Crippen LogP contribution in [0.4, 0.5) is 0 Å². The van der Waals surface area contributed by atoms with E-state index in [1.54, 1.807) is 6.20 Å². The molecule has 0 aliphatic rings. The average molecular weight is 269 g/mol. The molecular formula is C17H19NO2. The molecule has 1 aromatic heterocycles. The third kappa shape index (κ3) is 3.23. The molecule has 0 saturated heterocycles. The largest absolute Gasteiger partial charge is 0.457 e. The molecule has 0 N–H and O–H groups in total. The van der Waals surface area contributed by atoms with Gasteiger partial charge in [0.25, 0.3) is 0 Å². The van der Waals surface area contributed by atoms with Crippen molar-refractivity contribution in [1.82, 2.24) is 4.98 Å². The number of rotatable bonds is 5. The minimum atomic E-state index is -0.298. The predicted octanol–water partition coefficient (Wildman–Crippen LogP) is 3.56. The van der Waals surface area contributed by atoms with E-state index in [-0.39, 0.29) is 5.97 Å². The van der Waals surface area contributed by atoms with Crippen LogP contribution in [-0.4, -0.2) is 11.0 Å². The maximum atomic E-state index is 12.2. The van der Waals surface area contributed by atoms with Gasteiger partial charge >= 0.3 is 5.97 Å². The van der Waals surface area contributed by atoms with Gasteiger partial charge in [0.15, 0.2) is 0 Å². The van der Waals surface area contributed by atoms with Gasteiger partial charge < -0.3 is 4.74 Å². The summed E-state index contributed by atoms with van der Waals surface area (Å²) in [6.07, 6.45) is 5.11. The summed E-state index contributed by atoms with van der Waals surface area (Å²) in [5, 5.41) is 0. The van der Waals surface area contributed by atoms with Crippen molar-refractivity contribution in [2.45, 2.75) is 33.3 Å². The Morgan fingerprint density at radius 2 is 1.85 bits per heavy atom. The molecule has 2 rings (SSSR count). The van der Waals surface area contributed by atoms with Crippen LogP contribution in [0.5, 0.6) is 0 Å². The van der Waals surface area contributed by atoms with Gasteiger partial charge in [-0.15, -0.1) is 0 Å². The Labute approximate surface area is 119 Å². The van der Waals surface area contributed by atoms with Crippen LogP contribution in [0.15, 0.2) is 42.7 Å². The average Bonchev–Trinajstić information content (AvgIpc) is 2.52. The molecule has 20 heavy (non-hydrogen) atoms. The van der Waals surface area contributed by atoms with Gasteiger partial charge in [-0.1, -0.05) is 44.2 Å². The van der Waals surface area contributed by atoms with E-state index in [9.17, 15) is 4.79 Å². The molecule has 2 aromatic rings. The molecule has 0 radical (unpaired) electrons. The molecule has 0 bridgehead atoms. The minimum Gasteiger partial charge on any atom is -0.457 e. The number of carbonyl (C=O) groups excluding carboxylic acids is 1. The first kappa shape index (κ1) is 14.3. The lowest BCUT2D eigenvalue weighted by Gasteiger charge is -2.11. The highest BCUT2D eigenvalue weighted by molar-refractivity contribution is 5.91. The summed E-state index contributed by atoms with van der Waals surface area (Å²) in [4.78, 5) is 16.3. The summed E-state index contributed by atoms with van der Waals surface area (Å²) in [6, 6.07) is 9.68. The van der Waals surface area contributed by atoms with Gasteiger partial charge in [0.1, 0.15) is 6.61 Å². The van der Waals surface area contributed by atoms with Crippen molar-refractivity contribution < 1.29 is 9.53 Å². The number of ether oxygens (including phenoxy) is 1. The summed E-state index contributed by atoms with van der Waals surface area (Å²) in [5.41, 5.74) is 3.73. The third-order valence-electron chi connectivity index (χ3n) is 3.31. The summed E-state index contributed by atoms with van der Waals surface area (Å²) >= 11 is 0. The molecule has 3 heteroatoms. The third-order valence-corrected chi connectivity index (χ3v) is 3.31. The van der Waals surface area contributed by atoms with Crippen LogP contribution in [-0.2, 0) is 24.2 Å². The van der Waals surface area contributed by atoms with E-state index >= 15 is 0 Å². The Bertz CT molecular complexity index is 579. The van der Waals surface area contributed by atoms with E-state index in [2.05, 4.69) is 11.9 Å². The Balaban J connectivity index is 2.13. The van der Waals surface area contributed by atoms with Gasteiger partial charge in [0.2, 0.25) is 0 Å². The van der Waals surface area contributed by atoms with Crippen molar-refractivity contribution in [3.05, 3.63) is 65.0 Å². The van der Waals surface area contributed by atoms with Crippen molar-refractivity contribution in [2.24, 2.45) is 0 Å². The van der Waals surface area contributed by atoms with E-state index in [1.165, 1.54) is 0 Å². The highest BCUT2D eigenvalue weighted by Gasteiger charge is 2.15. The molecule has 104 valence electrons. The summed E-state index contributed by atoms with van der Waals surface area (Å²) in [5.74, 6) is -0.298. The van der Waals surface area contributed by atoms with Crippen molar-refractivity contribution in [2.75, 3.05) is 0 Å². The van der Waals surface area contributed by atoms with Gasteiger partial charge in [-0.05, 0) is 29.5 Å². The fraction of sp³-hybridized carbons (Fsp3) is 0.294.